The Bertz CT molecular complexity index is 586. The number of carbonyl (C=O) groups is 1. The Labute approximate surface area is 106 Å². The molecule has 0 saturated carbocycles. The SMILES string of the molecule is COc1ccc2cc(C(C)CC(=O)O)n(C)c2c1. The largest absolute Gasteiger partial charge is 0.497 e. The van der Waals surface area contributed by atoms with Gasteiger partial charge in [-0.05, 0) is 18.2 Å². The van der Waals surface area contributed by atoms with Gasteiger partial charge in [-0.3, -0.25) is 4.79 Å². The monoisotopic (exact) mass is 247 g/mol. The maximum atomic E-state index is 10.8. The van der Waals surface area contributed by atoms with Crippen LogP contribution < -0.4 is 4.74 Å². The molecule has 4 nitrogen and oxygen atoms in total. The molecule has 0 aliphatic rings. The molecule has 0 amide bonds. The summed E-state index contributed by atoms with van der Waals surface area (Å²) in [7, 11) is 3.59. The Morgan fingerprint density at radius 2 is 2.17 bits per heavy atom. The van der Waals surface area contributed by atoms with Crippen LogP contribution in [0.1, 0.15) is 25.0 Å². The van der Waals surface area contributed by atoms with E-state index in [4.69, 9.17) is 9.84 Å². The zero-order valence-corrected chi connectivity index (χ0v) is 10.8. The molecule has 4 heteroatoms. The predicted octanol–water partition coefficient (Wildman–Crippen LogP) is 2.77. The van der Waals surface area contributed by atoms with Crippen molar-refractivity contribution in [2.24, 2.45) is 7.05 Å². The average Bonchev–Trinajstić information content (AvgIpc) is 2.65. The number of aromatic nitrogens is 1. The minimum atomic E-state index is -0.773. The Morgan fingerprint density at radius 3 is 2.78 bits per heavy atom. The lowest BCUT2D eigenvalue weighted by Gasteiger charge is -2.10. The van der Waals surface area contributed by atoms with Crippen LogP contribution in [-0.4, -0.2) is 22.8 Å². The number of aryl methyl sites for hydroxylation is 1. The molecule has 0 fully saturated rings. The van der Waals surface area contributed by atoms with Crippen molar-refractivity contribution < 1.29 is 14.6 Å². The zero-order valence-electron chi connectivity index (χ0n) is 10.8. The van der Waals surface area contributed by atoms with Gasteiger partial charge >= 0.3 is 5.97 Å². The lowest BCUT2D eigenvalue weighted by Crippen LogP contribution is -2.06. The van der Waals surface area contributed by atoms with E-state index < -0.39 is 5.97 Å². The number of ether oxygens (including phenoxy) is 1. The summed E-state index contributed by atoms with van der Waals surface area (Å²) in [6, 6.07) is 7.91. The molecule has 1 aromatic carbocycles. The lowest BCUT2D eigenvalue weighted by atomic mass is 10.0. The van der Waals surface area contributed by atoms with Gasteiger partial charge in [0.05, 0.1) is 19.0 Å². The molecule has 0 bridgehead atoms. The third-order valence-electron chi connectivity index (χ3n) is 3.28. The van der Waals surface area contributed by atoms with Gasteiger partial charge < -0.3 is 14.4 Å². The number of hydrogen-bond acceptors (Lipinski definition) is 2. The maximum Gasteiger partial charge on any atom is 0.304 e. The lowest BCUT2D eigenvalue weighted by molar-refractivity contribution is -0.137. The summed E-state index contributed by atoms with van der Waals surface area (Å²) < 4.78 is 7.24. The van der Waals surface area contributed by atoms with E-state index in [-0.39, 0.29) is 12.3 Å². The quantitative estimate of drug-likeness (QED) is 0.903. The van der Waals surface area contributed by atoms with Gasteiger partial charge in [-0.15, -0.1) is 0 Å². The molecule has 1 atom stereocenters. The third kappa shape index (κ3) is 2.18. The number of carboxylic acids is 1. The summed E-state index contributed by atoms with van der Waals surface area (Å²) in [5.74, 6) is 0.0253. The summed E-state index contributed by atoms with van der Waals surface area (Å²) in [6.07, 6.45) is 0.140. The van der Waals surface area contributed by atoms with Crippen LogP contribution in [0, 0.1) is 0 Å². The van der Waals surface area contributed by atoms with Gasteiger partial charge in [-0.2, -0.15) is 0 Å². The number of benzene rings is 1. The fraction of sp³-hybridized carbons (Fsp3) is 0.357. The van der Waals surface area contributed by atoms with Crippen LogP contribution in [-0.2, 0) is 11.8 Å². The summed E-state index contributed by atoms with van der Waals surface area (Å²) in [5, 5.41) is 9.97. The molecule has 0 radical (unpaired) electrons. The molecule has 1 N–H and O–H groups in total. The molecule has 1 unspecified atom stereocenters. The van der Waals surface area contributed by atoms with Gasteiger partial charge in [0.15, 0.2) is 0 Å². The minimum Gasteiger partial charge on any atom is -0.497 e. The van der Waals surface area contributed by atoms with Gasteiger partial charge in [0.2, 0.25) is 0 Å². The van der Waals surface area contributed by atoms with Crippen molar-refractivity contribution in [3.8, 4) is 5.75 Å². The number of rotatable bonds is 4. The topological polar surface area (TPSA) is 51.5 Å². The number of nitrogens with zero attached hydrogens (tertiary/aromatic N) is 1. The number of fused-ring (bicyclic) bond motifs is 1. The van der Waals surface area contributed by atoms with Crippen molar-refractivity contribution >= 4 is 16.9 Å². The molecule has 1 aromatic heterocycles. The average molecular weight is 247 g/mol. The summed E-state index contributed by atoms with van der Waals surface area (Å²) >= 11 is 0. The number of methoxy groups -OCH3 is 1. The normalized spacial score (nSPS) is 12.6. The van der Waals surface area contributed by atoms with Crippen LogP contribution in [0.4, 0.5) is 0 Å². The van der Waals surface area contributed by atoms with Crippen LogP contribution >= 0.6 is 0 Å². The van der Waals surface area contributed by atoms with Gasteiger partial charge in [0.1, 0.15) is 5.75 Å². The molecular weight excluding hydrogens is 230 g/mol. The van der Waals surface area contributed by atoms with Crippen LogP contribution in [0.5, 0.6) is 5.75 Å². The van der Waals surface area contributed by atoms with E-state index in [1.807, 2.05) is 42.8 Å². The number of hydrogen-bond donors (Lipinski definition) is 1. The molecule has 0 saturated heterocycles. The van der Waals surface area contributed by atoms with Crippen molar-refractivity contribution in [1.82, 2.24) is 4.57 Å². The summed E-state index contributed by atoms with van der Waals surface area (Å²) in [5.41, 5.74) is 2.09. The highest BCUT2D eigenvalue weighted by Gasteiger charge is 2.15. The molecule has 0 spiro atoms. The number of carboxylic acid groups (broad SMARTS) is 1. The molecule has 18 heavy (non-hydrogen) atoms. The van der Waals surface area contributed by atoms with E-state index >= 15 is 0 Å². The van der Waals surface area contributed by atoms with E-state index in [0.717, 1.165) is 22.3 Å². The molecule has 1 heterocycles. The first kappa shape index (κ1) is 12.5. The fourth-order valence-electron chi connectivity index (χ4n) is 2.30. The van der Waals surface area contributed by atoms with Gasteiger partial charge in [-0.1, -0.05) is 6.92 Å². The third-order valence-corrected chi connectivity index (χ3v) is 3.28. The van der Waals surface area contributed by atoms with Crippen LogP contribution in [0.25, 0.3) is 10.9 Å². The summed E-state index contributed by atoms with van der Waals surface area (Å²) in [4.78, 5) is 10.8. The highest BCUT2D eigenvalue weighted by atomic mass is 16.5. The smallest absolute Gasteiger partial charge is 0.304 e. The van der Waals surface area contributed by atoms with Crippen LogP contribution in [0.15, 0.2) is 24.3 Å². The van der Waals surface area contributed by atoms with E-state index in [2.05, 4.69) is 0 Å². The molecule has 2 rings (SSSR count). The number of aliphatic carboxylic acids is 1. The Hall–Kier alpha value is -1.97. The first-order chi connectivity index (χ1) is 8.52. The van der Waals surface area contributed by atoms with Gasteiger partial charge in [0.25, 0.3) is 0 Å². The van der Waals surface area contributed by atoms with E-state index in [0.29, 0.717) is 0 Å². The molecule has 2 aromatic rings. The second-order valence-electron chi connectivity index (χ2n) is 4.55. The zero-order chi connectivity index (χ0) is 13.3. The van der Waals surface area contributed by atoms with Gasteiger partial charge in [-0.25, -0.2) is 0 Å². The van der Waals surface area contributed by atoms with Crippen molar-refractivity contribution in [3.05, 3.63) is 30.0 Å². The minimum absolute atomic E-state index is 0.00843. The summed E-state index contributed by atoms with van der Waals surface area (Å²) in [6.45, 7) is 1.93. The van der Waals surface area contributed by atoms with E-state index in [1.54, 1.807) is 7.11 Å². The van der Waals surface area contributed by atoms with Crippen molar-refractivity contribution in [2.45, 2.75) is 19.3 Å². The van der Waals surface area contributed by atoms with Crippen molar-refractivity contribution in [3.63, 3.8) is 0 Å². The Morgan fingerprint density at radius 1 is 1.44 bits per heavy atom. The molecular formula is C14H17NO3. The Balaban J connectivity index is 2.46. The fourth-order valence-corrected chi connectivity index (χ4v) is 2.30. The van der Waals surface area contributed by atoms with Crippen molar-refractivity contribution in [2.75, 3.05) is 7.11 Å². The molecule has 0 aliphatic heterocycles. The van der Waals surface area contributed by atoms with Crippen LogP contribution in [0.2, 0.25) is 0 Å². The maximum absolute atomic E-state index is 10.8. The van der Waals surface area contributed by atoms with Crippen LogP contribution in [0.3, 0.4) is 0 Å². The van der Waals surface area contributed by atoms with Crippen molar-refractivity contribution in [1.29, 1.82) is 0 Å². The highest BCUT2D eigenvalue weighted by molar-refractivity contribution is 5.83. The second-order valence-corrected chi connectivity index (χ2v) is 4.55. The molecule has 96 valence electrons. The first-order valence-corrected chi connectivity index (χ1v) is 5.88. The highest BCUT2D eigenvalue weighted by Crippen LogP contribution is 2.28. The molecule has 0 aliphatic carbocycles. The second kappa shape index (κ2) is 4.72. The predicted molar refractivity (Wildman–Crippen MR) is 70.1 cm³/mol. The van der Waals surface area contributed by atoms with E-state index in [9.17, 15) is 4.79 Å². The Kier molecular flexibility index (Phi) is 3.28. The first-order valence-electron chi connectivity index (χ1n) is 5.88. The van der Waals surface area contributed by atoms with Gasteiger partial charge in [0, 0.05) is 30.1 Å². The van der Waals surface area contributed by atoms with E-state index in [1.165, 1.54) is 0 Å². The standard InChI is InChI=1S/C14H17NO3/c1-9(6-14(16)17)12-7-10-4-5-11(18-3)8-13(10)15(12)2/h4-5,7-9H,6H2,1-3H3,(H,16,17).